The normalized spacial score (nSPS) is 13.9. The molecule has 2 aromatic carbocycles. The minimum absolute atomic E-state index is 0.0669. The van der Waals surface area contributed by atoms with E-state index in [1.54, 1.807) is 12.1 Å². The van der Waals surface area contributed by atoms with Crippen LogP contribution in [0.2, 0.25) is 0 Å². The average molecular weight is 476 g/mol. The third-order valence-electron chi connectivity index (χ3n) is 5.03. The lowest BCUT2D eigenvalue weighted by atomic mass is 10.1. The van der Waals surface area contributed by atoms with E-state index >= 15 is 0 Å². The molecule has 1 saturated heterocycles. The Morgan fingerprint density at radius 2 is 1.97 bits per heavy atom. The van der Waals surface area contributed by atoms with Gasteiger partial charge >= 0.3 is 0 Å². The van der Waals surface area contributed by atoms with Crippen LogP contribution in [0.25, 0.3) is 0 Å². The summed E-state index contributed by atoms with van der Waals surface area (Å²) in [5.74, 6) is -0.593. The van der Waals surface area contributed by atoms with Crippen LogP contribution in [0.15, 0.2) is 36.4 Å². The van der Waals surface area contributed by atoms with Crippen LogP contribution in [0.1, 0.15) is 15.9 Å². The Morgan fingerprint density at radius 3 is 2.61 bits per heavy atom. The molecule has 176 valence electrons. The number of nitro groups is 1. The topological polar surface area (TPSA) is 155 Å². The highest BCUT2D eigenvalue weighted by molar-refractivity contribution is 7.90. The maximum absolute atomic E-state index is 12.9. The van der Waals surface area contributed by atoms with Crippen molar-refractivity contribution in [1.29, 1.82) is 5.41 Å². The van der Waals surface area contributed by atoms with Crippen molar-refractivity contribution in [2.45, 2.75) is 0 Å². The Morgan fingerprint density at radius 1 is 1.24 bits per heavy atom. The first-order chi connectivity index (χ1) is 15.7. The minimum Gasteiger partial charge on any atom is -0.383 e. The number of non-ortho nitro benzene ring substituents is 1. The van der Waals surface area contributed by atoms with Gasteiger partial charge in [-0.15, -0.1) is 0 Å². The molecule has 0 radical (unpaired) electrons. The van der Waals surface area contributed by atoms with Gasteiger partial charge in [0.05, 0.1) is 35.3 Å². The molecule has 3 rings (SSSR count). The van der Waals surface area contributed by atoms with Gasteiger partial charge in [-0.3, -0.25) is 14.9 Å². The third kappa shape index (κ3) is 6.49. The quantitative estimate of drug-likeness (QED) is 0.283. The van der Waals surface area contributed by atoms with E-state index in [2.05, 4.69) is 10.6 Å². The molecule has 0 atom stereocenters. The summed E-state index contributed by atoms with van der Waals surface area (Å²) in [6.07, 6.45) is 2.26. The highest BCUT2D eigenvalue weighted by Crippen LogP contribution is 2.33. The molecule has 1 aliphatic heterocycles. The van der Waals surface area contributed by atoms with Crippen LogP contribution in [0.4, 0.5) is 22.7 Å². The van der Waals surface area contributed by atoms with Crippen LogP contribution in [0.5, 0.6) is 0 Å². The van der Waals surface area contributed by atoms with Gasteiger partial charge in [0.15, 0.2) is 0 Å². The van der Waals surface area contributed by atoms with Crippen molar-refractivity contribution in [2.75, 3.05) is 60.4 Å². The molecular weight excluding hydrogens is 450 g/mol. The number of hydrogen-bond acceptors (Lipinski definition) is 9. The van der Waals surface area contributed by atoms with Crippen molar-refractivity contribution in [2.24, 2.45) is 0 Å². The van der Waals surface area contributed by atoms with E-state index in [4.69, 9.17) is 10.1 Å². The number of amides is 1. The molecule has 1 heterocycles. The fourth-order valence-electron chi connectivity index (χ4n) is 3.37. The lowest BCUT2D eigenvalue weighted by Crippen LogP contribution is -2.37. The molecule has 0 aliphatic carbocycles. The van der Waals surface area contributed by atoms with Crippen LogP contribution in [-0.4, -0.2) is 70.3 Å². The Hall–Kier alpha value is -3.51. The molecule has 1 fully saturated rings. The van der Waals surface area contributed by atoms with Crippen molar-refractivity contribution >= 4 is 44.7 Å². The second-order valence-corrected chi connectivity index (χ2v) is 9.78. The van der Waals surface area contributed by atoms with Crippen molar-refractivity contribution in [1.82, 2.24) is 0 Å². The Bertz CT molecular complexity index is 1160. The maximum atomic E-state index is 12.9. The van der Waals surface area contributed by atoms with E-state index in [1.807, 2.05) is 4.90 Å². The lowest BCUT2D eigenvalue weighted by molar-refractivity contribution is -0.384. The number of hydrogen-bond donors (Lipinski definition) is 3. The molecule has 3 N–H and O–H groups in total. The van der Waals surface area contributed by atoms with Gasteiger partial charge in [-0.1, -0.05) is 6.07 Å². The predicted molar refractivity (Wildman–Crippen MR) is 127 cm³/mol. The molecule has 0 bridgehead atoms. The van der Waals surface area contributed by atoms with E-state index < -0.39 is 20.7 Å². The van der Waals surface area contributed by atoms with Gasteiger partial charge in [-0.25, -0.2) is 8.42 Å². The SMILES string of the molecule is CS(=O)(=O)CCNc1cc(N2CCOCC2)c(NC(=O)c2cccc([N+](=O)[O-])c2)cc1C=N. The number of benzene rings is 2. The number of nitro benzene ring substituents is 1. The number of sulfone groups is 1. The van der Waals surface area contributed by atoms with Gasteiger partial charge in [-0.05, 0) is 18.2 Å². The molecule has 11 nitrogen and oxygen atoms in total. The summed E-state index contributed by atoms with van der Waals surface area (Å²) in [5.41, 5.74) is 2.05. The molecule has 0 spiro atoms. The van der Waals surface area contributed by atoms with Gasteiger partial charge in [0.25, 0.3) is 11.6 Å². The monoisotopic (exact) mass is 475 g/mol. The third-order valence-corrected chi connectivity index (χ3v) is 5.98. The van der Waals surface area contributed by atoms with Crippen molar-refractivity contribution in [3.63, 3.8) is 0 Å². The van der Waals surface area contributed by atoms with Crippen LogP contribution in [0, 0.1) is 15.5 Å². The summed E-state index contributed by atoms with van der Waals surface area (Å²) in [7, 11) is -3.16. The van der Waals surface area contributed by atoms with Gasteiger partial charge in [0, 0.05) is 61.1 Å². The summed E-state index contributed by atoms with van der Waals surface area (Å²) in [4.78, 5) is 25.4. The average Bonchev–Trinajstić information content (AvgIpc) is 2.79. The Labute approximate surface area is 191 Å². The van der Waals surface area contributed by atoms with Gasteiger partial charge in [0.2, 0.25) is 0 Å². The largest absolute Gasteiger partial charge is 0.383 e. The molecule has 0 unspecified atom stereocenters. The summed E-state index contributed by atoms with van der Waals surface area (Å²) in [6, 6.07) is 8.80. The van der Waals surface area contributed by atoms with E-state index in [9.17, 15) is 23.3 Å². The van der Waals surface area contributed by atoms with Crippen molar-refractivity contribution in [3.05, 3.63) is 57.6 Å². The van der Waals surface area contributed by atoms with E-state index in [-0.39, 0.29) is 23.5 Å². The lowest BCUT2D eigenvalue weighted by Gasteiger charge is -2.31. The van der Waals surface area contributed by atoms with E-state index in [0.29, 0.717) is 48.9 Å². The summed E-state index contributed by atoms with van der Waals surface area (Å²) >= 11 is 0. The van der Waals surface area contributed by atoms with Crippen LogP contribution in [0.3, 0.4) is 0 Å². The molecular formula is C21H25N5O6S. The summed E-state index contributed by atoms with van der Waals surface area (Å²) in [6.45, 7) is 2.32. The predicted octanol–water partition coefficient (Wildman–Crippen LogP) is 2.14. The Kier molecular flexibility index (Phi) is 7.61. The molecule has 1 amide bonds. The van der Waals surface area contributed by atoms with Gasteiger partial charge in [-0.2, -0.15) is 0 Å². The smallest absolute Gasteiger partial charge is 0.270 e. The number of ether oxygens (including phenoxy) is 1. The fraction of sp³-hybridized carbons (Fsp3) is 0.333. The van der Waals surface area contributed by atoms with Crippen LogP contribution >= 0.6 is 0 Å². The first kappa shape index (κ1) is 24.1. The highest BCUT2D eigenvalue weighted by Gasteiger charge is 2.20. The van der Waals surface area contributed by atoms with Crippen molar-refractivity contribution in [3.8, 4) is 0 Å². The first-order valence-corrected chi connectivity index (χ1v) is 12.2. The van der Waals surface area contributed by atoms with Crippen molar-refractivity contribution < 1.29 is 22.9 Å². The van der Waals surface area contributed by atoms with Crippen LogP contribution < -0.4 is 15.5 Å². The summed E-state index contributed by atoms with van der Waals surface area (Å²) < 4.78 is 28.4. The van der Waals surface area contributed by atoms with E-state index in [0.717, 1.165) is 12.5 Å². The number of nitrogens with zero attached hydrogens (tertiary/aromatic N) is 2. The number of morpholine rings is 1. The number of carbonyl (C=O) groups excluding carboxylic acids is 1. The zero-order valence-electron chi connectivity index (χ0n) is 18.0. The molecule has 33 heavy (non-hydrogen) atoms. The molecule has 1 aliphatic rings. The van der Waals surface area contributed by atoms with Gasteiger partial charge in [0.1, 0.15) is 9.84 Å². The maximum Gasteiger partial charge on any atom is 0.270 e. The van der Waals surface area contributed by atoms with Gasteiger partial charge < -0.3 is 25.7 Å². The molecule has 0 saturated carbocycles. The minimum atomic E-state index is -3.16. The summed E-state index contributed by atoms with van der Waals surface area (Å²) in [5, 5.41) is 24.7. The molecule has 2 aromatic rings. The fourth-order valence-corrected chi connectivity index (χ4v) is 3.84. The number of nitrogens with one attached hydrogen (secondary N) is 3. The zero-order chi connectivity index (χ0) is 24.0. The first-order valence-electron chi connectivity index (χ1n) is 10.2. The number of carbonyl (C=O) groups is 1. The Balaban J connectivity index is 1.94. The molecule has 12 heteroatoms. The molecule has 0 aromatic heterocycles. The second-order valence-electron chi connectivity index (χ2n) is 7.52. The zero-order valence-corrected chi connectivity index (χ0v) is 18.9. The number of rotatable bonds is 9. The standard InChI is InChI=1S/C21H25N5O6S/c1-33(30,31)10-5-23-18-13-20(25-6-8-32-9-7-25)19(12-16(18)14-22)24-21(27)15-3-2-4-17(11-15)26(28)29/h2-4,11-14,22-23H,5-10H2,1H3,(H,24,27). The van der Waals surface area contributed by atoms with Crippen LogP contribution in [-0.2, 0) is 14.6 Å². The highest BCUT2D eigenvalue weighted by atomic mass is 32.2. The van der Waals surface area contributed by atoms with E-state index in [1.165, 1.54) is 24.3 Å². The number of anilines is 3. The second kappa shape index (κ2) is 10.4.